The Kier molecular flexibility index (Phi) is 3.64. The van der Waals surface area contributed by atoms with Crippen LogP contribution < -0.4 is 11.2 Å². The first-order chi connectivity index (χ1) is 8.69. The van der Waals surface area contributed by atoms with Gasteiger partial charge in [0.15, 0.2) is 11.2 Å². The zero-order valence-electron chi connectivity index (χ0n) is 10.8. The third-order valence-corrected chi connectivity index (χ3v) is 2.95. The van der Waals surface area contributed by atoms with E-state index in [-0.39, 0.29) is 11.2 Å². The fraction of sp³-hybridized carbons (Fsp3) is 0.583. The number of aryl methyl sites for hydroxylation is 2. The summed E-state index contributed by atoms with van der Waals surface area (Å²) in [5.74, 6) is 0. The van der Waals surface area contributed by atoms with Gasteiger partial charge in [-0.3, -0.25) is 14.3 Å². The lowest BCUT2D eigenvalue weighted by Crippen LogP contribution is -2.31. The average Bonchev–Trinajstić information content (AvgIpc) is 2.76. The Morgan fingerprint density at radius 1 is 1.22 bits per heavy atom. The van der Waals surface area contributed by atoms with E-state index in [1.807, 2.05) is 11.5 Å². The number of aromatic amines is 1. The van der Waals surface area contributed by atoms with E-state index in [9.17, 15) is 9.59 Å². The topological polar surface area (TPSA) is 72.7 Å². The molecule has 0 aliphatic carbocycles. The van der Waals surface area contributed by atoms with Gasteiger partial charge in [-0.2, -0.15) is 0 Å². The van der Waals surface area contributed by atoms with Gasteiger partial charge in [0.1, 0.15) is 0 Å². The molecular weight excluding hydrogens is 232 g/mol. The van der Waals surface area contributed by atoms with Gasteiger partial charge in [-0.1, -0.05) is 20.3 Å². The molecular formula is C12H18N4O2. The van der Waals surface area contributed by atoms with E-state index in [1.54, 1.807) is 6.33 Å². The molecule has 2 heterocycles. The van der Waals surface area contributed by atoms with Crippen molar-refractivity contribution in [2.75, 3.05) is 0 Å². The van der Waals surface area contributed by atoms with Crippen molar-refractivity contribution in [3.8, 4) is 0 Å². The van der Waals surface area contributed by atoms with Crippen molar-refractivity contribution >= 4 is 11.2 Å². The molecule has 1 N–H and O–H groups in total. The second-order valence-corrected chi connectivity index (χ2v) is 4.37. The molecule has 0 aliphatic rings. The largest absolute Gasteiger partial charge is 0.330 e. The van der Waals surface area contributed by atoms with Crippen LogP contribution in [0.1, 0.15) is 33.1 Å². The van der Waals surface area contributed by atoms with E-state index in [2.05, 4.69) is 16.9 Å². The highest BCUT2D eigenvalue weighted by Gasteiger charge is 2.12. The maximum atomic E-state index is 11.9. The minimum absolute atomic E-state index is 0.351. The minimum Gasteiger partial charge on any atom is -0.325 e. The second-order valence-electron chi connectivity index (χ2n) is 4.37. The van der Waals surface area contributed by atoms with Crippen LogP contribution in [0.3, 0.4) is 0 Å². The lowest BCUT2D eigenvalue weighted by Gasteiger charge is -2.05. The molecule has 0 atom stereocenters. The number of imidazole rings is 1. The lowest BCUT2D eigenvalue weighted by atomic mass is 10.3. The highest BCUT2D eigenvalue weighted by molar-refractivity contribution is 5.69. The molecule has 6 heteroatoms. The fourth-order valence-corrected chi connectivity index (χ4v) is 2.05. The van der Waals surface area contributed by atoms with E-state index in [0.29, 0.717) is 17.7 Å². The van der Waals surface area contributed by atoms with Gasteiger partial charge in [0.2, 0.25) is 0 Å². The Balaban J connectivity index is 2.63. The van der Waals surface area contributed by atoms with Gasteiger partial charge in [0.25, 0.3) is 5.56 Å². The van der Waals surface area contributed by atoms with E-state index >= 15 is 0 Å². The molecule has 6 nitrogen and oxygen atoms in total. The lowest BCUT2D eigenvalue weighted by molar-refractivity contribution is 0.637. The Morgan fingerprint density at radius 2 is 2.00 bits per heavy atom. The van der Waals surface area contributed by atoms with Crippen LogP contribution in [0.2, 0.25) is 0 Å². The van der Waals surface area contributed by atoms with Crippen LogP contribution in [-0.2, 0) is 13.1 Å². The first-order valence-electron chi connectivity index (χ1n) is 6.37. The molecule has 0 saturated heterocycles. The maximum Gasteiger partial charge on any atom is 0.330 e. The monoisotopic (exact) mass is 250 g/mol. The highest BCUT2D eigenvalue weighted by Crippen LogP contribution is 2.07. The van der Waals surface area contributed by atoms with Gasteiger partial charge in [-0.15, -0.1) is 0 Å². The van der Waals surface area contributed by atoms with Crippen LogP contribution in [0.5, 0.6) is 0 Å². The van der Waals surface area contributed by atoms with Crippen molar-refractivity contribution < 1.29 is 0 Å². The van der Waals surface area contributed by atoms with E-state index in [4.69, 9.17) is 0 Å². The Bertz CT molecular complexity index is 650. The number of nitrogens with one attached hydrogen (secondary N) is 1. The molecule has 18 heavy (non-hydrogen) atoms. The van der Waals surface area contributed by atoms with Crippen molar-refractivity contribution in [1.29, 1.82) is 0 Å². The van der Waals surface area contributed by atoms with Crippen LogP contribution in [-0.4, -0.2) is 19.1 Å². The average molecular weight is 250 g/mol. The quantitative estimate of drug-likeness (QED) is 0.863. The summed E-state index contributed by atoms with van der Waals surface area (Å²) in [5, 5.41) is 0. The number of hydrogen-bond acceptors (Lipinski definition) is 3. The Morgan fingerprint density at radius 3 is 2.67 bits per heavy atom. The number of rotatable bonds is 5. The Labute approximate surface area is 104 Å². The van der Waals surface area contributed by atoms with Gasteiger partial charge < -0.3 is 4.57 Å². The summed E-state index contributed by atoms with van der Waals surface area (Å²) in [5.41, 5.74) is 0.254. The molecule has 2 aromatic rings. The van der Waals surface area contributed by atoms with Crippen LogP contribution in [0, 0.1) is 0 Å². The SMILES string of the molecule is CCCCn1cnc2c1c(=O)[nH]c(=O)n2CCC. The molecule has 0 fully saturated rings. The van der Waals surface area contributed by atoms with Crippen molar-refractivity contribution in [3.05, 3.63) is 27.2 Å². The summed E-state index contributed by atoms with van der Waals surface area (Å²) in [6.07, 6.45) is 4.49. The van der Waals surface area contributed by atoms with Crippen molar-refractivity contribution in [2.45, 2.75) is 46.2 Å². The molecule has 0 saturated carbocycles. The zero-order chi connectivity index (χ0) is 13.1. The number of hydrogen-bond donors (Lipinski definition) is 1. The van der Waals surface area contributed by atoms with Gasteiger partial charge in [-0.05, 0) is 12.8 Å². The maximum absolute atomic E-state index is 11.9. The smallest absolute Gasteiger partial charge is 0.325 e. The summed E-state index contributed by atoms with van der Waals surface area (Å²) in [4.78, 5) is 30.2. The van der Waals surface area contributed by atoms with E-state index in [0.717, 1.165) is 25.8 Å². The number of unbranched alkanes of at least 4 members (excludes halogenated alkanes) is 1. The molecule has 0 bridgehead atoms. The van der Waals surface area contributed by atoms with Crippen LogP contribution in [0.15, 0.2) is 15.9 Å². The normalized spacial score (nSPS) is 11.2. The molecule has 98 valence electrons. The molecule has 0 spiro atoms. The molecule has 2 aromatic heterocycles. The second kappa shape index (κ2) is 5.20. The molecule has 0 radical (unpaired) electrons. The van der Waals surface area contributed by atoms with Crippen molar-refractivity contribution in [1.82, 2.24) is 19.1 Å². The van der Waals surface area contributed by atoms with Gasteiger partial charge in [0, 0.05) is 13.1 Å². The predicted molar refractivity (Wildman–Crippen MR) is 69.8 cm³/mol. The predicted octanol–water partition coefficient (Wildman–Crippen LogP) is 1.10. The van der Waals surface area contributed by atoms with Gasteiger partial charge in [-0.25, -0.2) is 9.78 Å². The summed E-state index contributed by atoms with van der Waals surface area (Å²) in [7, 11) is 0. The third kappa shape index (κ3) is 2.10. The molecule has 0 aromatic carbocycles. The minimum atomic E-state index is -0.380. The summed E-state index contributed by atoms with van der Waals surface area (Å²) < 4.78 is 3.35. The molecule has 2 rings (SSSR count). The number of nitrogens with zero attached hydrogens (tertiary/aromatic N) is 3. The Hall–Kier alpha value is -1.85. The van der Waals surface area contributed by atoms with E-state index in [1.165, 1.54) is 4.57 Å². The van der Waals surface area contributed by atoms with Gasteiger partial charge >= 0.3 is 5.69 Å². The molecule has 0 unspecified atom stereocenters. The number of aromatic nitrogens is 4. The van der Waals surface area contributed by atoms with Crippen molar-refractivity contribution in [2.24, 2.45) is 0 Å². The first kappa shape index (κ1) is 12.6. The molecule has 0 amide bonds. The highest BCUT2D eigenvalue weighted by atomic mass is 16.2. The first-order valence-corrected chi connectivity index (χ1v) is 6.37. The zero-order valence-corrected chi connectivity index (χ0v) is 10.8. The summed E-state index contributed by atoms with van der Waals surface area (Å²) in [6.45, 7) is 5.39. The number of fused-ring (bicyclic) bond motifs is 1. The van der Waals surface area contributed by atoms with Crippen molar-refractivity contribution in [3.63, 3.8) is 0 Å². The summed E-state index contributed by atoms with van der Waals surface area (Å²) >= 11 is 0. The standard InChI is InChI=1S/C12H18N4O2/c1-3-5-7-15-8-13-10-9(15)11(17)14-12(18)16(10)6-4-2/h8H,3-7H2,1-2H3,(H,14,17,18). The van der Waals surface area contributed by atoms with Crippen LogP contribution in [0.4, 0.5) is 0 Å². The summed E-state index contributed by atoms with van der Waals surface area (Å²) in [6, 6.07) is 0. The number of H-pyrrole nitrogens is 1. The van der Waals surface area contributed by atoms with E-state index < -0.39 is 0 Å². The van der Waals surface area contributed by atoms with Crippen LogP contribution >= 0.6 is 0 Å². The fourth-order valence-electron chi connectivity index (χ4n) is 2.05. The third-order valence-electron chi connectivity index (χ3n) is 2.95. The van der Waals surface area contributed by atoms with Crippen LogP contribution in [0.25, 0.3) is 11.2 Å². The van der Waals surface area contributed by atoms with Gasteiger partial charge in [0.05, 0.1) is 6.33 Å². The molecule has 0 aliphatic heterocycles.